The van der Waals surface area contributed by atoms with E-state index in [9.17, 15) is 8.42 Å². The highest BCUT2D eigenvalue weighted by Gasteiger charge is 2.41. The molecular weight excluding hydrogens is 399 g/mol. The van der Waals surface area contributed by atoms with E-state index in [1.807, 2.05) is 6.92 Å². The van der Waals surface area contributed by atoms with Crippen LogP contribution < -0.4 is 0 Å². The fourth-order valence-electron chi connectivity index (χ4n) is 2.66. The Balaban J connectivity index is 1.66. The van der Waals surface area contributed by atoms with Crippen LogP contribution in [0.25, 0.3) is 0 Å². The predicted octanol–water partition coefficient (Wildman–Crippen LogP) is 4.30. The van der Waals surface area contributed by atoms with Crippen molar-refractivity contribution < 1.29 is 22.1 Å². The molecule has 140 valence electrons. The summed E-state index contributed by atoms with van der Waals surface area (Å²) in [7, 11) is -3.86. The maximum absolute atomic E-state index is 12.3. The van der Waals surface area contributed by atoms with Crippen molar-refractivity contribution in [3.8, 4) is 0 Å². The molecule has 0 bridgehead atoms. The third kappa shape index (κ3) is 4.22. The Bertz CT molecular complexity index is 898. The number of hydrogen-bond acceptors (Lipinski definition) is 5. The van der Waals surface area contributed by atoms with Gasteiger partial charge in [-0.05, 0) is 38.1 Å². The minimum absolute atomic E-state index is 0.102. The van der Waals surface area contributed by atoms with Gasteiger partial charge in [0, 0.05) is 10.6 Å². The lowest BCUT2D eigenvalue weighted by Gasteiger charge is -2.25. The number of hydrogen-bond donors (Lipinski definition) is 0. The Morgan fingerprint density at radius 2 is 1.88 bits per heavy atom. The van der Waals surface area contributed by atoms with Gasteiger partial charge in [0.2, 0.25) is 0 Å². The van der Waals surface area contributed by atoms with E-state index in [2.05, 4.69) is 0 Å². The van der Waals surface area contributed by atoms with Gasteiger partial charge in [0.25, 0.3) is 10.1 Å². The molecule has 2 aromatic rings. The summed E-state index contributed by atoms with van der Waals surface area (Å²) in [6.07, 6.45) is -0.549. The highest BCUT2D eigenvalue weighted by atomic mass is 35.5. The molecule has 0 aliphatic carbocycles. The molecule has 2 aromatic carbocycles. The smallest absolute Gasteiger partial charge is 0.297 e. The third-order valence-electron chi connectivity index (χ3n) is 4.08. The molecule has 3 rings (SSSR count). The first kappa shape index (κ1) is 19.6. The highest BCUT2D eigenvalue weighted by Crippen LogP contribution is 2.38. The molecule has 1 heterocycles. The SMILES string of the molecule is Cc1ccc(S(=O)(=O)OC[C@H]2CO[C@@](C)(c3ccc(Cl)cc3Cl)O2)cc1. The Morgan fingerprint density at radius 1 is 1.19 bits per heavy atom. The van der Waals surface area contributed by atoms with Crippen LogP contribution in [0.3, 0.4) is 0 Å². The normalized spacial score (nSPS) is 23.3. The summed E-state index contributed by atoms with van der Waals surface area (Å²) in [4.78, 5) is 0.102. The molecule has 5 nitrogen and oxygen atoms in total. The van der Waals surface area contributed by atoms with E-state index in [0.29, 0.717) is 15.6 Å². The van der Waals surface area contributed by atoms with Crippen molar-refractivity contribution >= 4 is 33.3 Å². The predicted molar refractivity (Wildman–Crippen MR) is 99.0 cm³/mol. The fourth-order valence-corrected chi connectivity index (χ4v) is 4.17. The Morgan fingerprint density at radius 3 is 2.54 bits per heavy atom. The molecule has 0 N–H and O–H groups in total. The van der Waals surface area contributed by atoms with Gasteiger partial charge in [-0.15, -0.1) is 0 Å². The topological polar surface area (TPSA) is 61.8 Å². The first-order valence-corrected chi connectivity index (χ1v) is 10.1. The van der Waals surface area contributed by atoms with Crippen LogP contribution in [0.2, 0.25) is 10.0 Å². The summed E-state index contributed by atoms with van der Waals surface area (Å²) in [5, 5.41) is 0.915. The van der Waals surface area contributed by atoms with E-state index in [0.717, 1.165) is 5.56 Å². The minimum Gasteiger partial charge on any atom is -0.343 e. The number of halogens is 2. The second kappa shape index (κ2) is 7.46. The maximum Gasteiger partial charge on any atom is 0.297 e. The average Bonchev–Trinajstić information content (AvgIpc) is 2.96. The molecule has 0 unspecified atom stereocenters. The maximum atomic E-state index is 12.3. The van der Waals surface area contributed by atoms with Crippen molar-refractivity contribution in [3.63, 3.8) is 0 Å². The zero-order chi connectivity index (χ0) is 18.9. The lowest BCUT2D eigenvalue weighted by molar-refractivity contribution is -0.164. The van der Waals surface area contributed by atoms with Gasteiger partial charge in [0.15, 0.2) is 5.79 Å². The van der Waals surface area contributed by atoms with Crippen molar-refractivity contribution in [2.75, 3.05) is 13.2 Å². The summed E-state index contributed by atoms with van der Waals surface area (Å²) in [5.41, 5.74) is 1.58. The monoisotopic (exact) mass is 416 g/mol. The zero-order valence-corrected chi connectivity index (χ0v) is 16.6. The van der Waals surface area contributed by atoms with Gasteiger partial charge >= 0.3 is 0 Å². The van der Waals surface area contributed by atoms with Crippen molar-refractivity contribution in [1.29, 1.82) is 0 Å². The van der Waals surface area contributed by atoms with Gasteiger partial charge in [0.1, 0.15) is 6.10 Å². The van der Waals surface area contributed by atoms with Crippen LogP contribution in [-0.2, 0) is 29.6 Å². The summed E-state index contributed by atoms with van der Waals surface area (Å²) < 4.78 is 41.3. The Hall–Kier alpha value is -1.15. The van der Waals surface area contributed by atoms with E-state index in [-0.39, 0.29) is 18.1 Å². The third-order valence-corrected chi connectivity index (χ3v) is 5.92. The molecule has 26 heavy (non-hydrogen) atoms. The zero-order valence-electron chi connectivity index (χ0n) is 14.2. The molecular formula is C18H18Cl2O5S. The molecule has 0 radical (unpaired) electrons. The molecule has 0 spiro atoms. The van der Waals surface area contributed by atoms with Crippen LogP contribution in [0.1, 0.15) is 18.1 Å². The quantitative estimate of drug-likeness (QED) is 0.679. The molecule has 1 fully saturated rings. The number of aryl methyl sites for hydroxylation is 1. The summed E-state index contributed by atoms with van der Waals surface area (Å²) in [6.45, 7) is 3.62. The average molecular weight is 417 g/mol. The van der Waals surface area contributed by atoms with Gasteiger partial charge in [-0.1, -0.05) is 47.0 Å². The van der Waals surface area contributed by atoms with Crippen LogP contribution in [0, 0.1) is 6.92 Å². The van der Waals surface area contributed by atoms with Crippen LogP contribution in [-0.4, -0.2) is 27.7 Å². The van der Waals surface area contributed by atoms with E-state index in [1.165, 1.54) is 12.1 Å². The summed E-state index contributed by atoms with van der Waals surface area (Å²) in [5.74, 6) is -1.09. The molecule has 2 atom stereocenters. The Kier molecular flexibility index (Phi) is 5.63. The first-order chi connectivity index (χ1) is 12.2. The van der Waals surface area contributed by atoms with Crippen molar-refractivity contribution in [2.45, 2.75) is 30.6 Å². The van der Waals surface area contributed by atoms with Gasteiger partial charge < -0.3 is 9.47 Å². The Labute approximate surface area is 162 Å². The van der Waals surface area contributed by atoms with Gasteiger partial charge in [0.05, 0.1) is 23.1 Å². The highest BCUT2D eigenvalue weighted by molar-refractivity contribution is 7.86. The lowest BCUT2D eigenvalue weighted by Crippen LogP contribution is -2.26. The molecule has 0 saturated carbocycles. The number of rotatable bonds is 5. The van der Waals surface area contributed by atoms with Crippen LogP contribution in [0.15, 0.2) is 47.4 Å². The lowest BCUT2D eigenvalue weighted by atomic mass is 10.1. The van der Waals surface area contributed by atoms with Crippen molar-refractivity contribution in [1.82, 2.24) is 0 Å². The van der Waals surface area contributed by atoms with Gasteiger partial charge in [-0.25, -0.2) is 0 Å². The van der Waals surface area contributed by atoms with E-state index in [1.54, 1.807) is 37.3 Å². The van der Waals surface area contributed by atoms with Crippen LogP contribution in [0.4, 0.5) is 0 Å². The number of ether oxygens (including phenoxy) is 2. The molecule has 1 aliphatic heterocycles. The van der Waals surface area contributed by atoms with Gasteiger partial charge in [-0.3, -0.25) is 4.18 Å². The van der Waals surface area contributed by atoms with Crippen LogP contribution in [0.5, 0.6) is 0 Å². The van der Waals surface area contributed by atoms with E-state index in [4.69, 9.17) is 36.9 Å². The standard InChI is InChI=1S/C18H18Cl2O5S/c1-12-3-6-15(7-4-12)26(21,22)24-11-14-10-23-18(2,25-14)16-8-5-13(19)9-17(16)20/h3-9,14H,10-11H2,1-2H3/t14-,18-/m1/s1. The first-order valence-electron chi connectivity index (χ1n) is 7.93. The second-order valence-corrected chi connectivity index (χ2v) is 8.63. The molecule has 8 heteroatoms. The van der Waals surface area contributed by atoms with Crippen molar-refractivity contribution in [3.05, 3.63) is 63.6 Å². The van der Waals surface area contributed by atoms with Crippen LogP contribution >= 0.6 is 23.2 Å². The minimum atomic E-state index is -3.86. The molecule has 1 aliphatic rings. The second-order valence-electron chi connectivity index (χ2n) is 6.17. The van der Waals surface area contributed by atoms with Gasteiger partial charge in [-0.2, -0.15) is 8.42 Å². The summed E-state index contributed by atoms with van der Waals surface area (Å²) in [6, 6.07) is 11.4. The fraction of sp³-hybridized carbons (Fsp3) is 0.333. The largest absolute Gasteiger partial charge is 0.343 e. The molecule has 0 amide bonds. The number of benzene rings is 2. The van der Waals surface area contributed by atoms with E-state index < -0.39 is 22.0 Å². The van der Waals surface area contributed by atoms with E-state index >= 15 is 0 Å². The summed E-state index contributed by atoms with van der Waals surface area (Å²) >= 11 is 12.1. The molecule has 1 saturated heterocycles. The molecule has 0 aromatic heterocycles. The van der Waals surface area contributed by atoms with Crippen molar-refractivity contribution in [2.24, 2.45) is 0 Å².